The van der Waals surface area contributed by atoms with Gasteiger partial charge in [-0.3, -0.25) is 14.9 Å². The van der Waals surface area contributed by atoms with Crippen molar-refractivity contribution < 1.29 is 19.2 Å². The smallest absolute Gasteiger partial charge is 0.270 e. The fraction of sp³-hybridized carbons (Fsp3) is 0.118. The van der Waals surface area contributed by atoms with E-state index in [-0.39, 0.29) is 17.0 Å². The number of benzene rings is 2. The number of halogens is 1. The quantitative estimate of drug-likeness (QED) is 0.318. The van der Waals surface area contributed by atoms with E-state index in [4.69, 9.17) is 9.47 Å². The van der Waals surface area contributed by atoms with Gasteiger partial charge in [-0.25, -0.2) is 0 Å². The summed E-state index contributed by atoms with van der Waals surface area (Å²) < 4.78 is 11.1. The van der Waals surface area contributed by atoms with Gasteiger partial charge in [0.2, 0.25) is 0 Å². The maximum atomic E-state index is 12.2. The number of nitro groups is 1. The van der Waals surface area contributed by atoms with Crippen LogP contribution in [0.4, 0.5) is 5.69 Å². The average Bonchev–Trinajstić information content (AvgIpc) is 2.59. The molecular formula is C17H14BrNO5. The van der Waals surface area contributed by atoms with Crippen LogP contribution in [0.1, 0.15) is 15.9 Å². The lowest BCUT2D eigenvalue weighted by atomic mass is 10.1. The van der Waals surface area contributed by atoms with E-state index in [2.05, 4.69) is 15.9 Å². The molecule has 0 aromatic heterocycles. The minimum atomic E-state index is -0.538. The molecule has 24 heavy (non-hydrogen) atoms. The third kappa shape index (κ3) is 3.99. The summed E-state index contributed by atoms with van der Waals surface area (Å²) in [4.78, 5) is 22.5. The first kappa shape index (κ1) is 17.7. The molecule has 0 fully saturated rings. The number of nitrogens with zero attached hydrogens (tertiary/aromatic N) is 1. The van der Waals surface area contributed by atoms with E-state index in [0.717, 1.165) is 0 Å². The molecule has 0 aliphatic carbocycles. The summed E-state index contributed by atoms with van der Waals surface area (Å²) in [5.41, 5.74) is 0.776. The highest BCUT2D eigenvalue weighted by atomic mass is 79.9. The first-order valence-electron chi connectivity index (χ1n) is 6.84. The van der Waals surface area contributed by atoms with Crippen LogP contribution >= 0.6 is 15.9 Å². The van der Waals surface area contributed by atoms with Crippen LogP contribution in [-0.2, 0) is 0 Å². The molecule has 0 radical (unpaired) electrons. The summed E-state index contributed by atoms with van der Waals surface area (Å²) >= 11 is 3.40. The summed E-state index contributed by atoms with van der Waals surface area (Å²) in [6.45, 7) is 0. The van der Waals surface area contributed by atoms with Crippen molar-refractivity contribution in [1.29, 1.82) is 0 Å². The van der Waals surface area contributed by atoms with Crippen molar-refractivity contribution in [2.24, 2.45) is 0 Å². The Balaban J connectivity index is 2.32. The summed E-state index contributed by atoms with van der Waals surface area (Å²) in [6.07, 6.45) is 2.93. The number of hydrogen-bond acceptors (Lipinski definition) is 5. The highest BCUT2D eigenvalue weighted by Gasteiger charge is 2.11. The molecule has 0 aliphatic heterocycles. The van der Waals surface area contributed by atoms with Crippen molar-refractivity contribution in [3.63, 3.8) is 0 Å². The maximum absolute atomic E-state index is 12.2. The summed E-state index contributed by atoms with van der Waals surface area (Å²) in [6, 6.07) is 9.03. The molecule has 2 aromatic carbocycles. The van der Waals surface area contributed by atoms with Crippen LogP contribution in [0, 0.1) is 10.1 Å². The van der Waals surface area contributed by atoms with Crippen molar-refractivity contribution in [3.05, 3.63) is 68.2 Å². The van der Waals surface area contributed by atoms with E-state index in [1.807, 2.05) is 0 Å². The summed E-state index contributed by atoms with van der Waals surface area (Å²) in [5.74, 6) is 0.800. The monoisotopic (exact) mass is 391 g/mol. The lowest BCUT2D eigenvalue weighted by molar-refractivity contribution is -0.384. The van der Waals surface area contributed by atoms with Gasteiger partial charge in [0, 0.05) is 33.8 Å². The van der Waals surface area contributed by atoms with Crippen LogP contribution in [0.15, 0.2) is 46.9 Å². The molecule has 0 heterocycles. The lowest BCUT2D eigenvalue weighted by Gasteiger charge is -2.09. The van der Waals surface area contributed by atoms with E-state index >= 15 is 0 Å². The molecule has 0 atom stereocenters. The van der Waals surface area contributed by atoms with Gasteiger partial charge in [0.15, 0.2) is 5.78 Å². The molecule has 2 rings (SSSR count). The van der Waals surface area contributed by atoms with Crippen molar-refractivity contribution in [2.45, 2.75) is 0 Å². The normalized spacial score (nSPS) is 10.6. The van der Waals surface area contributed by atoms with E-state index < -0.39 is 4.92 Å². The standard InChI is InChI=1S/C17H14BrNO5/c1-23-13-9-15(18)14(17(10-13)24-2)6-7-16(20)11-4-3-5-12(8-11)19(21)22/h3-10H,1-2H3. The SMILES string of the molecule is COc1cc(Br)c(C=CC(=O)c2cccc([N+](=O)[O-])c2)c(OC)c1. The van der Waals surface area contributed by atoms with Crippen LogP contribution in [0.3, 0.4) is 0 Å². The third-order valence-electron chi connectivity index (χ3n) is 3.26. The van der Waals surface area contributed by atoms with E-state index in [0.29, 0.717) is 21.5 Å². The molecule has 0 amide bonds. The Morgan fingerprint density at radius 3 is 2.58 bits per heavy atom. The van der Waals surface area contributed by atoms with Crippen LogP contribution < -0.4 is 9.47 Å². The minimum Gasteiger partial charge on any atom is -0.497 e. The Kier molecular flexibility index (Phi) is 5.70. The predicted molar refractivity (Wildman–Crippen MR) is 93.7 cm³/mol. The van der Waals surface area contributed by atoms with Crippen molar-refractivity contribution in [2.75, 3.05) is 14.2 Å². The molecule has 0 spiro atoms. The average molecular weight is 392 g/mol. The van der Waals surface area contributed by atoms with Gasteiger partial charge in [-0.05, 0) is 34.1 Å². The van der Waals surface area contributed by atoms with Crippen LogP contribution in [0.2, 0.25) is 0 Å². The van der Waals surface area contributed by atoms with Crippen LogP contribution in [0.5, 0.6) is 11.5 Å². The van der Waals surface area contributed by atoms with E-state index in [1.165, 1.54) is 37.5 Å². The number of ether oxygens (including phenoxy) is 2. The Hall–Kier alpha value is -2.67. The van der Waals surface area contributed by atoms with Gasteiger partial charge in [0.05, 0.1) is 19.1 Å². The summed E-state index contributed by atoms with van der Waals surface area (Å²) in [7, 11) is 3.06. The second kappa shape index (κ2) is 7.74. The number of allylic oxidation sites excluding steroid dienone is 1. The molecule has 124 valence electrons. The molecule has 7 heteroatoms. The Morgan fingerprint density at radius 1 is 1.21 bits per heavy atom. The number of carbonyl (C=O) groups excluding carboxylic acids is 1. The zero-order valence-corrected chi connectivity index (χ0v) is 14.6. The van der Waals surface area contributed by atoms with Gasteiger partial charge in [-0.1, -0.05) is 12.1 Å². The van der Waals surface area contributed by atoms with Crippen molar-refractivity contribution in [3.8, 4) is 11.5 Å². The maximum Gasteiger partial charge on any atom is 0.270 e. The number of methoxy groups -OCH3 is 2. The van der Waals surface area contributed by atoms with Gasteiger partial charge in [0.25, 0.3) is 5.69 Å². The largest absolute Gasteiger partial charge is 0.497 e. The number of non-ortho nitro benzene ring substituents is 1. The molecule has 2 aromatic rings. The molecule has 0 unspecified atom stereocenters. The highest BCUT2D eigenvalue weighted by Crippen LogP contribution is 2.33. The molecule has 0 N–H and O–H groups in total. The third-order valence-corrected chi connectivity index (χ3v) is 3.92. The number of ketones is 1. The van der Waals surface area contributed by atoms with Crippen LogP contribution in [-0.4, -0.2) is 24.9 Å². The molecule has 6 nitrogen and oxygen atoms in total. The van der Waals surface area contributed by atoms with Gasteiger partial charge < -0.3 is 9.47 Å². The topological polar surface area (TPSA) is 78.7 Å². The van der Waals surface area contributed by atoms with E-state index in [9.17, 15) is 14.9 Å². The lowest BCUT2D eigenvalue weighted by Crippen LogP contribution is -1.97. The van der Waals surface area contributed by atoms with E-state index in [1.54, 1.807) is 25.3 Å². The molecule has 0 bridgehead atoms. The van der Waals surface area contributed by atoms with Gasteiger partial charge in [-0.2, -0.15) is 0 Å². The second-order valence-electron chi connectivity index (χ2n) is 4.73. The molecule has 0 saturated heterocycles. The van der Waals surface area contributed by atoms with Gasteiger partial charge >= 0.3 is 0 Å². The molecule has 0 saturated carbocycles. The fourth-order valence-corrected chi connectivity index (χ4v) is 2.60. The zero-order valence-electron chi connectivity index (χ0n) is 13.0. The first-order chi connectivity index (χ1) is 11.5. The highest BCUT2D eigenvalue weighted by molar-refractivity contribution is 9.10. The number of carbonyl (C=O) groups is 1. The van der Waals surface area contributed by atoms with Gasteiger partial charge in [-0.15, -0.1) is 0 Å². The zero-order chi connectivity index (χ0) is 17.7. The minimum absolute atomic E-state index is 0.127. The number of hydrogen-bond donors (Lipinski definition) is 0. The Morgan fingerprint density at radius 2 is 1.96 bits per heavy atom. The predicted octanol–water partition coefficient (Wildman–Crippen LogP) is 4.27. The number of rotatable bonds is 6. The Bertz CT molecular complexity index is 817. The van der Waals surface area contributed by atoms with Gasteiger partial charge in [0.1, 0.15) is 11.5 Å². The fourth-order valence-electron chi connectivity index (χ4n) is 2.05. The van der Waals surface area contributed by atoms with Crippen molar-refractivity contribution in [1.82, 2.24) is 0 Å². The number of nitro benzene ring substituents is 1. The summed E-state index contributed by atoms with van der Waals surface area (Å²) in [5, 5.41) is 10.8. The van der Waals surface area contributed by atoms with Crippen molar-refractivity contribution >= 4 is 33.5 Å². The molecular weight excluding hydrogens is 378 g/mol. The Labute approximate surface area is 147 Å². The second-order valence-corrected chi connectivity index (χ2v) is 5.58. The van der Waals surface area contributed by atoms with Crippen LogP contribution in [0.25, 0.3) is 6.08 Å². The first-order valence-corrected chi connectivity index (χ1v) is 7.64. The molecule has 0 aliphatic rings.